The molecule has 6 nitrogen and oxygen atoms in total. The SMILES string of the molecule is NS(=O)(=O)c1cccc(-c2cccc3c2NCCC(=O)N3)c1. The van der Waals surface area contributed by atoms with E-state index >= 15 is 0 Å². The molecule has 2 aromatic rings. The zero-order valence-electron chi connectivity index (χ0n) is 11.7. The lowest BCUT2D eigenvalue weighted by Crippen LogP contribution is -2.12. The summed E-state index contributed by atoms with van der Waals surface area (Å²) in [6, 6.07) is 11.9. The van der Waals surface area contributed by atoms with Gasteiger partial charge in [-0.15, -0.1) is 0 Å². The molecule has 0 fully saturated rings. The zero-order valence-corrected chi connectivity index (χ0v) is 12.5. The van der Waals surface area contributed by atoms with Crippen LogP contribution < -0.4 is 15.8 Å². The van der Waals surface area contributed by atoms with Crippen LogP contribution >= 0.6 is 0 Å². The summed E-state index contributed by atoms with van der Waals surface area (Å²) in [7, 11) is -3.76. The predicted octanol–water partition coefficient (Wildman–Crippen LogP) is 1.76. The Labute approximate surface area is 128 Å². The van der Waals surface area contributed by atoms with Crippen LogP contribution in [-0.4, -0.2) is 20.9 Å². The van der Waals surface area contributed by atoms with Gasteiger partial charge in [0.05, 0.1) is 16.3 Å². The Bertz CT molecular complexity index is 847. The fourth-order valence-electron chi connectivity index (χ4n) is 2.44. The highest BCUT2D eigenvalue weighted by molar-refractivity contribution is 7.89. The fraction of sp³-hybridized carbons (Fsp3) is 0.133. The highest BCUT2D eigenvalue weighted by Crippen LogP contribution is 2.36. The van der Waals surface area contributed by atoms with Gasteiger partial charge in [0.2, 0.25) is 15.9 Å². The van der Waals surface area contributed by atoms with Gasteiger partial charge in [-0.3, -0.25) is 4.79 Å². The van der Waals surface area contributed by atoms with E-state index in [1.807, 2.05) is 12.1 Å². The third-order valence-corrected chi connectivity index (χ3v) is 4.38. The zero-order chi connectivity index (χ0) is 15.7. The molecule has 0 saturated carbocycles. The van der Waals surface area contributed by atoms with Crippen LogP contribution in [-0.2, 0) is 14.8 Å². The van der Waals surface area contributed by atoms with Crippen molar-refractivity contribution in [3.63, 3.8) is 0 Å². The number of benzene rings is 2. The van der Waals surface area contributed by atoms with Gasteiger partial charge in [0.15, 0.2) is 0 Å². The van der Waals surface area contributed by atoms with Crippen LogP contribution in [0.15, 0.2) is 47.4 Å². The molecule has 1 amide bonds. The van der Waals surface area contributed by atoms with E-state index in [9.17, 15) is 13.2 Å². The number of amides is 1. The van der Waals surface area contributed by atoms with Crippen LogP contribution in [0, 0.1) is 0 Å². The lowest BCUT2D eigenvalue weighted by Gasteiger charge is -2.14. The molecule has 1 heterocycles. The Kier molecular flexibility index (Phi) is 3.59. The second-order valence-electron chi connectivity index (χ2n) is 5.03. The number of carbonyl (C=O) groups excluding carboxylic acids is 1. The van der Waals surface area contributed by atoms with E-state index < -0.39 is 10.0 Å². The van der Waals surface area contributed by atoms with E-state index in [0.29, 0.717) is 24.2 Å². The Morgan fingerprint density at radius 1 is 1.09 bits per heavy atom. The number of rotatable bonds is 2. The molecule has 0 atom stereocenters. The summed E-state index contributed by atoms with van der Waals surface area (Å²) in [5.74, 6) is -0.0540. The molecule has 114 valence electrons. The summed E-state index contributed by atoms with van der Waals surface area (Å²) in [5.41, 5.74) is 2.98. The highest BCUT2D eigenvalue weighted by Gasteiger charge is 2.17. The Balaban J connectivity index is 2.14. The molecule has 7 heteroatoms. The predicted molar refractivity (Wildman–Crippen MR) is 85.0 cm³/mol. The molecule has 4 N–H and O–H groups in total. The van der Waals surface area contributed by atoms with E-state index in [-0.39, 0.29) is 10.8 Å². The van der Waals surface area contributed by atoms with Gasteiger partial charge < -0.3 is 10.6 Å². The van der Waals surface area contributed by atoms with Crippen LogP contribution in [0.4, 0.5) is 11.4 Å². The van der Waals surface area contributed by atoms with Gasteiger partial charge in [-0.05, 0) is 23.8 Å². The second-order valence-corrected chi connectivity index (χ2v) is 6.59. The standard InChI is InChI=1S/C15H15N3O3S/c16-22(20,21)11-4-1-3-10(9-11)12-5-2-6-13-15(12)17-8-7-14(19)18-13/h1-6,9,17H,7-8H2,(H,18,19)(H2,16,20,21). The smallest absolute Gasteiger partial charge is 0.238 e. The average molecular weight is 317 g/mol. The number of para-hydroxylation sites is 1. The first kappa shape index (κ1) is 14.6. The molecule has 22 heavy (non-hydrogen) atoms. The number of sulfonamides is 1. The average Bonchev–Trinajstić information content (AvgIpc) is 2.66. The van der Waals surface area contributed by atoms with Gasteiger partial charge in [0.25, 0.3) is 0 Å². The summed E-state index contributed by atoms with van der Waals surface area (Å²) < 4.78 is 23.0. The van der Waals surface area contributed by atoms with Gasteiger partial charge in [0, 0.05) is 18.5 Å². The second kappa shape index (κ2) is 5.43. The molecule has 1 aliphatic heterocycles. The largest absolute Gasteiger partial charge is 0.382 e. The number of nitrogens with two attached hydrogens (primary N) is 1. The first-order chi connectivity index (χ1) is 10.4. The van der Waals surface area contributed by atoms with Crippen molar-refractivity contribution in [2.45, 2.75) is 11.3 Å². The van der Waals surface area contributed by atoms with E-state index in [1.165, 1.54) is 12.1 Å². The summed E-state index contributed by atoms with van der Waals surface area (Å²) in [5, 5.41) is 11.2. The number of hydrogen-bond donors (Lipinski definition) is 3. The quantitative estimate of drug-likeness (QED) is 0.785. The van der Waals surface area contributed by atoms with E-state index in [2.05, 4.69) is 10.6 Å². The number of hydrogen-bond acceptors (Lipinski definition) is 4. The van der Waals surface area contributed by atoms with Gasteiger partial charge in [-0.2, -0.15) is 0 Å². The number of carbonyl (C=O) groups is 1. The van der Waals surface area contributed by atoms with Crippen molar-refractivity contribution in [1.29, 1.82) is 0 Å². The molecular formula is C15H15N3O3S. The number of fused-ring (bicyclic) bond motifs is 1. The fourth-order valence-corrected chi connectivity index (χ4v) is 3.00. The summed E-state index contributed by atoms with van der Waals surface area (Å²) in [4.78, 5) is 11.7. The van der Waals surface area contributed by atoms with Crippen molar-refractivity contribution in [2.24, 2.45) is 5.14 Å². The van der Waals surface area contributed by atoms with E-state index in [0.717, 1.165) is 11.3 Å². The molecule has 0 radical (unpaired) electrons. The third kappa shape index (κ3) is 2.81. The summed E-state index contributed by atoms with van der Waals surface area (Å²) in [6.45, 7) is 0.519. The van der Waals surface area contributed by atoms with Crippen molar-refractivity contribution in [3.8, 4) is 11.1 Å². The minimum absolute atomic E-state index is 0.0540. The maximum absolute atomic E-state index is 11.6. The molecule has 0 aromatic heterocycles. The lowest BCUT2D eigenvalue weighted by atomic mass is 10.0. The van der Waals surface area contributed by atoms with Crippen LogP contribution in [0.5, 0.6) is 0 Å². The van der Waals surface area contributed by atoms with Gasteiger partial charge >= 0.3 is 0 Å². The van der Waals surface area contributed by atoms with Crippen molar-refractivity contribution >= 4 is 27.3 Å². The van der Waals surface area contributed by atoms with Gasteiger partial charge in [0.1, 0.15) is 0 Å². The molecule has 1 aliphatic rings. The topological polar surface area (TPSA) is 101 Å². The number of primary sulfonamides is 1. The Morgan fingerprint density at radius 2 is 1.86 bits per heavy atom. The van der Waals surface area contributed by atoms with Crippen molar-refractivity contribution in [3.05, 3.63) is 42.5 Å². The van der Waals surface area contributed by atoms with Gasteiger partial charge in [-0.25, -0.2) is 13.6 Å². The maximum Gasteiger partial charge on any atom is 0.238 e. The van der Waals surface area contributed by atoms with Crippen LogP contribution in [0.1, 0.15) is 6.42 Å². The summed E-state index contributed by atoms with van der Waals surface area (Å²) in [6.07, 6.45) is 0.380. The third-order valence-electron chi connectivity index (χ3n) is 3.47. The lowest BCUT2D eigenvalue weighted by molar-refractivity contribution is -0.115. The maximum atomic E-state index is 11.6. The highest BCUT2D eigenvalue weighted by atomic mass is 32.2. The minimum atomic E-state index is -3.76. The molecule has 0 spiro atoms. The molecule has 3 rings (SSSR count). The molecule has 0 saturated heterocycles. The summed E-state index contributed by atoms with van der Waals surface area (Å²) >= 11 is 0. The van der Waals surface area contributed by atoms with Crippen molar-refractivity contribution in [2.75, 3.05) is 17.2 Å². The van der Waals surface area contributed by atoms with E-state index in [1.54, 1.807) is 18.2 Å². The van der Waals surface area contributed by atoms with Crippen LogP contribution in [0.2, 0.25) is 0 Å². The van der Waals surface area contributed by atoms with Gasteiger partial charge in [-0.1, -0.05) is 24.3 Å². The minimum Gasteiger partial charge on any atom is -0.382 e. The monoisotopic (exact) mass is 317 g/mol. The van der Waals surface area contributed by atoms with Crippen molar-refractivity contribution in [1.82, 2.24) is 0 Å². The van der Waals surface area contributed by atoms with E-state index in [4.69, 9.17) is 5.14 Å². The number of anilines is 2. The van der Waals surface area contributed by atoms with Crippen LogP contribution in [0.25, 0.3) is 11.1 Å². The Morgan fingerprint density at radius 3 is 2.64 bits per heavy atom. The van der Waals surface area contributed by atoms with Crippen LogP contribution in [0.3, 0.4) is 0 Å². The molecular weight excluding hydrogens is 302 g/mol. The van der Waals surface area contributed by atoms with Crippen molar-refractivity contribution < 1.29 is 13.2 Å². The number of nitrogens with one attached hydrogen (secondary N) is 2. The molecule has 2 aromatic carbocycles. The first-order valence-corrected chi connectivity index (χ1v) is 8.30. The normalized spacial score (nSPS) is 14.5. The molecule has 0 unspecified atom stereocenters. The molecule has 0 aliphatic carbocycles. The Hall–Kier alpha value is -2.38. The molecule has 0 bridgehead atoms. The first-order valence-electron chi connectivity index (χ1n) is 6.75.